The molecular weight excluding hydrogens is 258 g/mol. The predicted molar refractivity (Wildman–Crippen MR) is 62.1 cm³/mol. The Morgan fingerprint density at radius 1 is 1.40 bits per heavy atom. The second-order valence-electron chi connectivity index (χ2n) is 4.90. The van der Waals surface area contributed by atoms with Crippen molar-refractivity contribution in [1.82, 2.24) is 5.32 Å². The summed E-state index contributed by atoms with van der Waals surface area (Å²) in [6, 6.07) is 0. The van der Waals surface area contributed by atoms with Crippen molar-refractivity contribution in [3.8, 4) is 0 Å². The molecule has 1 saturated carbocycles. The van der Waals surface area contributed by atoms with Gasteiger partial charge in [-0.2, -0.15) is 0 Å². The third-order valence-electron chi connectivity index (χ3n) is 3.64. The Morgan fingerprint density at radius 2 is 2.13 bits per heavy atom. The summed E-state index contributed by atoms with van der Waals surface area (Å²) < 4.78 is 5.53. The number of hydrogen-bond donors (Lipinski definition) is 1. The molecule has 15 heavy (non-hydrogen) atoms. The van der Waals surface area contributed by atoms with Gasteiger partial charge >= 0.3 is 0 Å². The summed E-state index contributed by atoms with van der Waals surface area (Å²) in [6.45, 7) is 2.61. The standard InChI is InChI=1S/C11H18BrNO2/c1-10(4-3-7-15-10)9(14)13-11(8-12)5-2-6-11/h2-8H2,1H3,(H,13,14). The lowest BCUT2D eigenvalue weighted by Crippen LogP contribution is -2.59. The third kappa shape index (κ3) is 2.07. The van der Waals surface area contributed by atoms with Crippen molar-refractivity contribution < 1.29 is 9.53 Å². The van der Waals surface area contributed by atoms with Crippen LogP contribution in [-0.2, 0) is 9.53 Å². The monoisotopic (exact) mass is 275 g/mol. The first kappa shape index (κ1) is 11.4. The molecule has 4 heteroatoms. The summed E-state index contributed by atoms with van der Waals surface area (Å²) in [5, 5.41) is 4.00. The van der Waals surface area contributed by atoms with Crippen LogP contribution in [0.3, 0.4) is 0 Å². The van der Waals surface area contributed by atoms with E-state index in [1.165, 1.54) is 6.42 Å². The molecule has 1 aliphatic heterocycles. The zero-order chi connectivity index (χ0) is 10.9. The summed E-state index contributed by atoms with van der Waals surface area (Å²) >= 11 is 3.48. The molecule has 2 rings (SSSR count). The molecule has 2 aliphatic rings. The number of carbonyl (C=O) groups is 1. The van der Waals surface area contributed by atoms with Crippen molar-refractivity contribution in [2.24, 2.45) is 0 Å². The van der Waals surface area contributed by atoms with E-state index in [1.807, 2.05) is 6.92 Å². The van der Waals surface area contributed by atoms with Gasteiger partial charge < -0.3 is 10.1 Å². The van der Waals surface area contributed by atoms with Gasteiger partial charge in [0.25, 0.3) is 5.91 Å². The zero-order valence-corrected chi connectivity index (χ0v) is 10.7. The number of rotatable bonds is 3. The maximum absolute atomic E-state index is 12.1. The number of hydrogen-bond acceptors (Lipinski definition) is 2. The van der Waals surface area contributed by atoms with E-state index in [0.29, 0.717) is 6.61 Å². The minimum Gasteiger partial charge on any atom is -0.365 e. The van der Waals surface area contributed by atoms with Crippen LogP contribution in [-0.4, -0.2) is 29.0 Å². The molecule has 0 bridgehead atoms. The highest BCUT2D eigenvalue weighted by Crippen LogP contribution is 2.35. The predicted octanol–water partition coefficient (Wildman–Crippen LogP) is 1.99. The lowest BCUT2D eigenvalue weighted by atomic mass is 9.78. The molecule has 1 aliphatic carbocycles. The maximum atomic E-state index is 12.1. The summed E-state index contributed by atoms with van der Waals surface area (Å²) in [6.07, 6.45) is 5.21. The van der Waals surface area contributed by atoms with E-state index in [2.05, 4.69) is 21.2 Å². The van der Waals surface area contributed by atoms with Crippen molar-refractivity contribution >= 4 is 21.8 Å². The molecule has 2 fully saturated rings. The highest BCUT2D eigenvalue weighted by molar-refractivity contribution is 9.09. The number of ether oxygens (including phenoxy) is 1. The van der Waals surface area contributed by atoms with E-state index in [-0.39, 0.29) is 11.4 Å². The van der Waals surface area contributed by atoms with E-state index >= 15 is 0 Å². The van der Waals surface area contributed by atoms with Crippen molar-refractivity contribution in [1.29, 1.82) is 0 Å². The Bertz CT molecular complexity index is 252. The van der Waals surface area contributed by atoms with Crippen LogP contribution in [0.15, 0.2) is 0 Å². The Morgan fingerprint density at radius 3 is 2.53 bits per heavy atom. The maximum Gasteiger partial charge on any atom is 0.252 e. The van der Waals surface area contributed by atoms with E-state index in [9.17, 15) is 4.79 Å². The largest absolute Gasteiger partial charge is 0.365 e. The number of alkyl halides is 1. The second-order valence-corrected chi connectivity index (χ2v) is 5.47. The lowest BCUT2D eigenvalue weighted by Gasteiger charge is -2.43. The minimum absolute atomic E-state index is 0.00600. The molecule has 0 spiro atoms. The van der Waals surface area contributed by atoms with E-state index in [1.54, 1.807) is 0 Å². The smallest absolute Gasteiger partial charge is 0.252 e. The fraction of sp³-hybridized carbons (Fsp3) is 0.909. The van der Waals surface area contributed by atoms with Crippen molar-refractivity contribution in [3.63, 3.8) is 0 Å². The van der Waals surface area contributed by atoms with Crippen LogP contribution < -0.4 is 5.32 Å². The SMILES string of the molecule is CC1(C(=O)NC2(CBr)CCC2)CCCO1. The van der Waals surface area contributed by atoms with Gasteiger partial charge in [-0.25, -0.2) is 0 Å². The summed E-state index contributed by atoms with van der Waals surface area (Å²) in [5.41, 5.74) is -0.573. The van der Waals surface area contributed by atoms with Crippen molar-refractivity contribution in [2.45, 2.75) is 50.2 Å². The number of nitrogens with one attached hydrogen (secondary N) is 1. The van der Waals surface area contributed by atoms with Gasteiger partial charge in [-0.05, 0) is 39.0 Å². The molecule has 0 aromatic rings. The molecule has 3 nitrogen and oxygen atoms in total. The number of halogens is 1. The molecule has 0 aromatic carbocycles. The summed E-state index contributed by atoms with van der Waals surface area (Å²) in [5.74, 6) is 0.0687. The van der Waals surface area contributed by atoms with Gasteiger partial charge in [0.1, 0.15) is 5.60 Å². The number of carbonyl (C=O) groups excluding carboxylic acids is 1. The number of amides is 1. The van der Waals surface area contributed by atoms with Gasteiger partial charge in [0.05, 0.1) is 0 Å². The van der Waals surface area contributed by atoms with Gasteiger partial charge in [-0.15, -0.1) is 0 Å². The average molecular weight is 276 g/mol. The van der Waals surface area contributed by atoms with E-state index < -0.39 is 5.60 Å². The second kappa shape index (κ2) is 4.06. The van der Waals surface area contributed by atoms with Crippen LogP contribution >= 0.6 is 15.9 Å². The molecule has 0 aromatic heterocycles. The Kier molecular flexibility index (Phi) is 3.08. The Hall–Kier alpha value is -0.0900. The molecule has 1 heterocycles. The Balaban J connectivity index is 1.96. The summed E-state index contributed by atoms with van der Waals surface area (Å²) in [4.78, 5) is 12.1. The van der Waals surface area contributed by atoms with Crippen LogP contribution in [0, 0.1) is 0 Å². The van der Waals surface area contributed by atoms with Crippen LogP contribution in [0.25, 0.3) is 0 Å². The van der Waals surface area contributed by atoms with Crippen LogP contribution in [0.2, 0.25) is 0 Å². The van der Waals surface area contributed by atoms with Gasteiger partial charge in [0.2, 0.25) is 0 Å². The van der Waals surface area contributed by atoms with Crippen LogP contribution in [0.4, 0.5) is 0 Å². The van der Waals surface area contributed by atoms with Crippen molar-refractivity contribution in [2.75, 3.05) is 11.9 Å². The molecule has 1 atom stereocenters. The van der Waals surface area contributed by atoms with E-state index in [0.717, 1.165) is 31.0 Å². The molecule has 1 saturated heterocycles. The quantitative estimate of drug-likeness (QED) is 0.800. The van der Waals surface area contributed by atoms with Gasteiger partial charge in [0, 0.05) is 17.5 Å². The van der Waals surface area contributed by atoms with Gasteiger partial charge in [0.15, 0.2) is 0 Å². The Labute approximate surface area is 99.1 Å². The molecule has 0 radical (unpaired) electrons. The normalized spacial score (nSPS) is 33.5. The first-order chi connectivity index (χ1) is 7.10. The van der Waals surface area contributed by atoms with Gasteiger partial charge in [-0.3, -0.25) is 4.79 Å². The first-order valence-electron chi connectivity index (χ1n) is 5.63. The molecular formula is C11H18BrNO2. The first-order valence-corrected chi connectivity index (χ1v) is 6.75. The van der Waals surface area contributed by atoms with Crippen LogP contribution in [0.5, 0.6) is 0 Å². The van der Waals surface area contributed by atoms with Crippen LogP contribution in [0.1, 0.15) is 39.0 Å². The topological polar surface area (TPSA) is 38.3 Å². The average Bonchev–Trinajstić information content (AvgIpc) is 2.60. The zero-order valence-electron chi connectivity index (χ0n) is 9.14. The molecule has 1 amide bonds. The fourth-order valence-corrected chi connectivity index (χ4v) is 2.93. The molecule has 1 unspecified atom stereocenters. The third-order valence-corrected chi connectivity index (χ3v) is 4.72. The molecule has 86 valence electrons. The minimum atomic E-state index is -0.579. The highest BCUT2D eigenvalue weighted by atomic mass is 79.9. The van der Waals surface area contributed by atoms with E-state index in [4.69, 9.17) is 4.74 Å². The fourth-order valence-electron chi connectivity index (χ4n) is 2.23. The van der Waals surface area contributed by atoms with Gasteiger partial charge in [-0.1, -0.05) is 15.9 Å². The highest BCUT2D eigenvalue weighted by Gasteiger charge is 2.44. The summed E-state index contributed by atoms with van der Waals surface area (Å²) in [7, 11) is 0. The van der Waals surface area contributed by atoms with Crippen molar-refractivity contribution in [3.05, 3.63) is 0 Å². The lowest BCUT2D eigenvalue weighted by molar-refractivity contribution is -0.142. The molecule has 1 N–H and O–H groups in total.